The van der Waals surface area contributed by atoms with Crippen LogP contribution in [0.1, 0.15) is 35.8 Å². The van der Waals surface area contributed by atoms with Crippen LogP contribution in [0.5, 0.6) is 0 Å². The van der Waals surface area contributed by atoms with E-state index in [0.717, 1.165) is 28.5 Å². The van der Waals surface area contributed by atoms with Crippen LogP contribution in [0.15, 0.2) is 66.7 Å². The van der Waals surface area contributed by atoms with Gasteiger partial charge in [-0.2, -0.15) is 13.2 Å². The quantitative estimate of drug-likeness (QED) is 0.597. The Bertz CT molecular complexity index is 1080. The molecule has 1 aliphatic heterocycles. The normalized spacial score (nSPS) is 18.4. The number of hydrogen-bond donors (Lipinski definition) is 1. The van der Waals surface area contributed by atoms with Gasteiger partial charge in [-0.05, 0) is 47.0 Å². The van der Waals surface area contributed by atoms with Gasteiger partial charge in [0.05, 0.1) is 30.9 Å². The number of fused-ring (bicyclic) bond motifs is 1. The summed E-state index contributed by atoms with van der Waals surface area (Å²) in [7, 11) is 0. The first-order chi connectivity index (χ1) is 15.3. The molecule has 0 saturated carbocycles. The minimum Gasteiger partial charge on any atom is -0.371 e. The Kier molecular flexibility index (Phi) is 6.48. The first-order valence-electron chi connectivity index (χ1n) is 10.6. The Balaban J connectivity index is 1.34. The van der Waals surface area contributed by atoms with Crippen LogP contribution in [0.2, 0.25) is 0 Å². The van der Waals surface area contributed by atoms with Crippen LogP contribution >= 0.6 is 0 Å². The van der Waals surface area contributed by atoms with Crippen molar-refractivity contribution in [3.8, 4) is 0 Å². The minimum absolute atomic E-state index is 0.0984. The van der Waals surface area contributed by atoms with E-state index in [1.807, 2.05) is 48.2 Å². The number of hydrogen-bond acceptors (Lipinski definition) is 3. The summed E-state index contributed by atoms with van der Waals surface area (Å²) in [6.07, 6.45) is -4.73. The number of benzene rings is 3. The lowest BCUT2D eigenvalue weighted by molar-refractivity contribution is -0.137. The fraction of sp³-hybridized carbons (Fsp3) is 0.320. The van der Waals surface area contributed by atoms with Gasteiger partial charge in [-0.15, -0.1) is 0 Å². The van der Waals surface area contributed by atoms with E-state index < -0.39 is 11.7 Å². The number of nitrogens with zero attached hydrogens (tertiary/aromatic N) is 1. The predicted octanol–water partition coefficient (Wildman–Crippen LogP) is 5.11. The van der Waals surface area contributed by atoms with Gasteiger partial charge < -0.3 is 10.1 Å². The molecule has 1 aliphatic rings. The number of ether oxygens (including phenoxy) is 1. The molecule has 1 N–H and O–H groups in total. The molecule has 0 spiro atoms. The molecular formula is C25H25F3N2O2. The van der Waals surface area contributed by atoms with Crippen molar-refractivity contribution in [1.82, 2.24) is 10.2 Å². The number of carbonyl (C=O) groups is 1. The number of morpholine rings is 1. The molecule has 3 aromatic rings. The molecule has 2 atom stereocenters. The summed E-state index contributed by atoms with van der Waals surface area (Å²) in [5, 5.41) is 5.31. The first-order valence-corrected chi connectivity index (χ1v) is 10.6. The second-order valence-corrected chi connectivity index (χ2v) is 8.11. The zero-order valence-electron chi connectivity index (χ0n) is 17.7. The average Bonchev–Trinajstić information content (AvgIpc) is 2.78. The number of rotatable bonds is 5. The summed E-state index contributed by atoms with van der Waals surface area (Å²) >= 11 is 0. The molecule has 168 valence electrons. The van der Waals surface area contributed by atoms with Crippen molar-refractivity contribution in [3.63, 3.8) is 0 Å². The molecule has 3 aromatic carbocycles. The standard InChI is InChI=1S/C25H25F3N2O2/c1-17(20-7-6-18-4-2-3-5-21(18)14-20)29-24(31)16-30-12-13-32-23(15-30)19-8-10-22(11-9-19)25(26,27)28/h2-11,14,17,23H,12-13,15-16H2,1H3,(H,29,31). The minimum atomic E-state index is -4.36. The van der Waals surface area contributed by atoms with Crippen LogP contribution in [0.3, 0.4) is 0 Å². The Hall–Kier alpha value is -2.90. The molecule has 4 nitrogen and oxygen atoms in total. The van der Waals surface area contributed by atoms with Crippen LogP contribution in [0, 0.1) is 0 Å². The van der Waals surface area contributed by atoms with Crippen molar-refractivity contribution in [2.75, 3.05) is 26.2 Å². The summed E-state index contributed by atoms with van der Waals surface area (Å²) in [5.74, 6) is -0.0984. The van der Waals surface area contributed by atoms with Gasteiger partial charge in [0.2, 0.25) is 5.91 Å². The molecular weight excluding hydrogens is 417 g/mol. The number of carbonyl (C=O) groups excluding carboxylic acids is 1. The maximum Gasteiger partial charge on any atom is 0.416 e. The van der Waals surface area contributed by atoms with Gasteiger partial charge in [-0.25, -0.2) is 0 Å². The molecule has 1 heterocycles. The van der Waals surface area contributed by atoms with E-state index in [0.29, 0.717) is 25.3 Å². The van der Waals surface area contributed by atoms with E-state index in [9.17, 15) is 18.0 Å². The Labute approximate surface area is 185 Å². The summed E-state index contributed by atoms with van der Waals surface area (Å²) in [6.45, 7) is 3.61. The summed E-state index contributed by atoms with van der Waals surface area (Å²) in [6, 6.07) is 19.1. The first kappa shape index (κ1) is 22.3. The SMILES string of the molecule is CC(NC(=O)CN1CCOC(c2ccc(C(F)(F)F)cc2)C1)c1ccc2ccccc2c1. The highest BCUT2D eigenvalue weighted by atomic mass is 19.4. The molecule has 1 saturated heterocycles. The summed E-state index contributed by atoms with van der Waals surface area (Å²) < 4.78 is 44.1. The highest BCUT2D eigenvalue weighted by molar-refractivity contribution is 5.83. The molecule has 2 unspecified atom stereocenters. The second kappa shape index (κ2) is 9.30. The van der Waals surface area contributed by atoms with E-state index in [-0.39, 0.29) is 24.6 Å². The van der Waals surface area contributed by atoms with Gasteiger partial charge in [0.1, 0.15) is 0 Å². The highest BCUT2D eigenvalue weighted by Gasteiger charge is 2.31. The smallest absolute Gasteiger partial charge is 0.371 e. The zero-order valence-corrected chi connectivity index (χ0v) is 17.7. The number of alkyl halides is 3. The fourth-order valence-electron chi connectivity index (χ4n) is 3.99. The maximum atomic E-state index is 12.8. The monoisotopic (exact) mass is 442 g/mol. The van der Waals surface area contributed by atoms with Gasteiger partial charge in [0, 0.05) is 13.1 Å². The van der Waals surface area contributed by atoms with Crippen molar-refractivity contribution >= 4 is 16.7 Å². The Morgan fingerprint density at radius 3 is 2.53 bits per heavy atom. The van der Waals surface area contributed by atoms with Crippen molar-refractivity contribution in [2.45, 2.75) is 25.2 Å². The lowest BCUT2D eigenvalue weighted by Crippen LogP contribution is -2.44. The molecule has 7 heteroatoms. The van der Waals surface area contributed by atoms with Crippen molar-refractivity contribution in [2.24, 2.45) is 0 Å². The molecule has 32 heavy (non-hydrogen) atoms. The Morgan fingerprint density at radius 2 is 1.81 bits per heavy atom. The lowest BCUT2D eigenvalue weighted by Gasteiger charge is -2.33. The van der Waals surface area contributed by atoms with Crippen LogP contribution < -0.4 is 5.32 Å². The van der Waals surface area contributed by atoms with E-state index in [1.54, 1.807) is 0 Å². The number of halogens is 3. The molecule has 0 radical (unpaired) electrons. The van der Waals surface area contributed by atoms with E-state index in [2.05, 4.69) is 11.4 Å². The molecule has 0 aromatic heterocycles. The lowest BCUT2D eigenvalue weighted by atomic mass is 10.0. The topological polar surface area (TPSA) is 41.6 Å². The molecule has 0 bridgehead atoms. The highest BCUT2D eigenvalue weighted by Crippen LogP contribution is 2.31. The number of amides is 1. The maximum absolute atomic E-state index is 12.8. The van der Waals surface area contributed by atoms with Crippen LogP contribution in [0.25, 0.3) is 10.8 Å². The summed E-state index contributed by atoms with van der Waals surface area (Å²) in [5.41, 5.74) is 1.02. The van der Waals surface area contributed by atoms with Gasteiger partial charge in [0.15, 0.2) is 0 Å². The molecule has 4 rings (SSSR count). The third-order valence-corrected chi connectivity index (χ3v) is 5.78. The van der Waals surface area contributed by atoms with Gasteiger partial charge in [-0.1, -0.05) is 48.5 Å². The van der Waals surface area contributed by atoms with E-state index in [4.69, 9.17) is 4.74 Å². The molecule has 0 aliphatic carbocycles. The third kappa shape index (κ3) is 5.29. The summed E-state index contributed by atoms with van der Waals surface area (Å²) in [4.78, 5) is 14.6. The predicted molar refractivity (Wildman–Crippen MR) is 117 cm³/mol. The zero-order chi connectivity index (χ0) is 22.7. The van der Waals surface area contributed by atoms with Crippen molar-refractivity contribution in [1.29, 1.82) is 0 Å². The van der Waals surface area contributed by atoms with Crippen LogP contribution in [0.4, 0.5) is 13.2 Å². The van der Waals surface area contributed by atoms with Crippen LogP contribution in [-0.4, -0.2) is 37.0 Å². The van der Waals surface area contributed by atoms with Crippen molar-refractivity contribution in [3.05, 3.63) is 83.4 Å². The van der Waals surface area contributed by atoms with Crippen molar-refractivity contribution < 1.29 is 22.7 Å². The molecule has 1 amide bonds. The van der Waals surface area contributed by atoms with Crippen LogP contribution in [-0.2, 0) is 15.7 Å². The Morgan fingerprint density at radius 1 is 1.09 bits per heavy atom. The average molecular weight is 442 g/mol. The van der Waals surface area contributed by atoms with E-state index >= 15 is 0 Å². The van der Waals surface area contributed by atoms with E-state index in [1.165, 1.54) is 12.1 Å². The fourth-order valence-corrected chi connectivity index (χ4v) is 3.99. The van der Waals surface area contributed by atoms with Gasteiger partial charge >= 0.3 is 6.18 Å². The largest absolute Gasteiger partial charge is 0.416 e. The van der Waals surface area contributed by atoms with Gasteiger partial charge in [-0.3, -0.25) is 9.69 Å². The number of nitrogens with one attached hydrogen (secondary N) is 1. The second-order valence-electron chi connectivity index (χ2n) is 8.11. The molecule has 1 fully saturated rings. The van der Waals surface area contributed by atoms with Gasteiger partial charge in [0.25, 0.3) is 0 Å². The third-order valence-electron chi connectivity index (χ3n) is 5.78.